The van der Waals surface area contributed by atoms with Crippen LogP contribution >= 0.6 is 0 Å². The molecule has 5 rings (SSSR count). The van der Waals surface area contributed by atoms with Gasteiger partial charge in [-0.3, -0.25) is 4.79 Å². The molecule has 9 heteroatoms. The van der Waals surface area contributed by atoms with Crippen LogP contribution in [-0.2, 0) is 12.0 Å². The van der Waals surface area contributed by atoms with Crippen LogP contribution in [0.2, 0.25) is 0 Å². The minimum Gasteiger partial charge on any atom is -0.458 e. The van der Waals surface area contributed by atoms with Crippen LogP contribution in [0.25, 0.3) is 11.0 Å². The van der Waals surface area contributed by atoms with Crippen molar-refractivity contribution in [2.75, 3.05) is 6.54 Å². The SMILES string of the molecule is Cc1nc(C(C)(C)O)oc1C(=O)N1CCc2[nH]cnc2[C@H]1c1cc2c(F)cccc2o1. The molecule has 1 aromatic carbocycles. The molecule has 0 saturated carbocycles. The summed E-state index contributed by atoms with van der Waals surface area (Å²) in [7, 11) is 0. The van der Waals surface area contributed by atoms with Crippen molar-refractivity contribution in [3.05, 3.63) is 70.9 Å². The lowest BCUT2D eigenvalue weighted by Crippen LogP contribution is -2.40. The van der Waals surface area contributed by atoms with Gasteiger partial charge < -0.3 is 23.8 Å². The lowest BCUT2D eigenvalue weighted by atomic mass is 9.99. The Kier molecular flexibility index (Phi) is 4.26. The second-order valence-corrected chi connectivity index (χ2v) is 8.21. The van der Waals surface area contributed by atoms with Crippen molar-refractivity contribution >= 4 is 16.9 Å². The number of aryl methyl sites for hydroxylation is 1. The maximum atomic E-state index is 14.3. The van der Waals surface area contributed by atoms with Crippen molar-refractivity contribution in [3.8, 4) is 0 Å². The van der Waals surface area contributed by atoms with Gasteiger partial charge in [0.1, 0.15) is 28.8 Å². The minimum atomic E-state index is -1.32. The summed E-state index contributed by atoms with van der Waals surface area (Å²) in [6.45, 7) is 5.10. The number of amides is 1. The van der Waals surface area contributed by atoms with Gasteiger partial charge in [-0.15, -0.1) is 0 Å². The Morgan fingerprint density at radius 3 is 2.87 bits per heavy atom. The zero-order valence-corrected chi connectivity index (χ0v) is 17.3. The molecular weight excluding hydrogens is 403 g/mol. The van der Waals surface area contributed by atoms with Crippen LogP contribution in [0.3, 0.4) is 0 Å². The molecule has 4 heterocycles. The number of imidazole rings is 1. The number of furan rings is 1. The highest BCUT2D eigenvalue weighted by Crippen LogP contribution is 2.38. The molecule has 0 bridgehead atoms. The number of hydrogen-bond acceptors (Lipinski definition) is 6. The summed E-state index contributed by atoms with van der Waals surface area (Å²) in [6.07, 6.45) is 2.14. The van der Waals surface area contributed by atoms with Gasteiger partial charge in [0.15, 0.2) is 0 Å². The number of H-pyrrole nitrogens is 1. The first kappa shape index (κ1) is 19.5. The van der Waals surface area contributed by atoms with Gasteiger partial charge in [-0.05, 0) is 39.0 Å². The topological polar surface area (TPSA) is 108 Å². The van der Waals surface area contributed by atoms with Crippen LogP contribution in [0.15, 0.2) is 39.4 Å². The number of hydrogen-bond donors (Lipinski definition) is 2. The molecular formula is C22H21FN4O4. The average Bonchev–Trinajstić information content (AvgIpc) is 3.44. The van der Waals surface area contributed by atoms with Crippen molar-refractivity contribution in [2.45, 2.75) is 38.8 Å². The first-order chi connectivity index (χ1) is 14.7. The molecule has 160 valence electrons. The highest BCUT2D eigenvalue weighted by atomic mass is 19.1. The number of benzene rings is 1. The van der Waals surface area contributed by atoms with Crippen molar-refractivity contribution < 1.29 is 23.1 Å². The Labute approximate surface area is 176 Å². The predicted octanol–water partition coefficient (Wildman–Crippen LogP) is 3.61. The van der Waals surface area contributed by atoms with Gasteiger partial charge >= 0.3 is 0 Å². The van der Waals surface area contributed by atoms with E-state index in [0.29, 0.717) is 41.1 Å². The first-order valence-corrected chi connectivity index (χ1v) is 9.95. The molecule has 0 radical (unpaired) electrons. The van der Waals surface area contributed by atoms with Crippen LogP contribution in [0.4, 0.5) is 4.39 Å². The van der Waals surface area contributed by atoms with Crippen LogP contribution in [0.1, 0.15) is 59.2 Å². The number of aromatic amines is 1. The van der Waals surface area contributed by atoms with Crippen LogP contribution in [0, 0.1) is 12.7 Å². The quantitative estimate of drug-likeness (QED) is 0.520. The van der Waals surface area contributed by atoms with Crippen LogP contribution in [0.5, 0.6) is 0 Å². The highest BCUT2D eigenvalue weighted by Gasteiger charge is 2.39. The second kappa shape index (κ2) is 6.78. The number of carbonyl (C=O) groups excluding carboxylic acids is 1. The Hall–Kier alpha value is -3.46. The maximum absolute atomic E-state index is 14.3. The fraction of sp³-hybridized carbons (Fsp3) is 0.318. The number of oxazole rings is 1. The molecule has 8 nitrogen and oxygen atoms in total. The van der Waals surface area contributed by atoms with Gasteiger partial charge in [-0.1, -0.05) is 6.07 Å². The smallest absolute Gasteiger partial charge is 0.292 e. The van der Waals surface area contributed by atoms with E-state index in [0.717, 1.165) is 5.69 Å². The Bertz CT molecular complexity index is 1300. The molecule has 1 aliphatic rings. The van der Waals surface area contributed by atoms with E-state index in [4.69, 9.17) is 8.83 Å². The lowest BCUT2D eigenvalue weighted by molar-refractivity contribution is 0.0437. The molecule has 0 saturated heterocycles. The van der Waals surface area contributed by atoms with Crippen molar-refractivity contribution in [1.29, 1.82) is 0 Å². The Morgan fingerprint density at radius 1 is 1.35 bits per heavy atom. The summed E-state index contributed by atoms with van der Waals surface area (Å²) >= 11 is 0. The number of nitrogens with zero attached hydrogens (tertiary/aromatic N) is 3. The van der Waals surface area contributed by atoms with Gasteiger partial charge in [-0.2, -0.15) is 0 Å². The molecule has 1 aliphatic heterocycles. The number of halogens is 1. The Balaban J connectivity index is 1.61. The summed E-state index contributed by atoms with van der Waals surface area (Å²) in [5.41, 5.74) is 0.978. The van der Waals surface area contributed by atoms with E-state index in [1.807, 2.05) is 0 Å². The van der Waals surface area contributed by atoms with Crippen molar-refractivity contribution in [1.82, 2.24) is 19.9 Å². The summed E-state index contributed by atoms with van der Waals surface area (Å²) in [5, 5.41) is 10.6. The highest BCUT2D eigenvalue weighted by molar-refractivity contribution is 5.93. The van der Waals surface area contributed by atoms with E-state index in [-0.39, 0.29) is 11.7 Å². The fourth-order valence-corrected chi connectivity index (χ4v) is 3.95. The number of aliphatic hydroxyl groups is 1. The zero-order valence-electron chi connectivity index (χ0n) is 17.3. The normalized spacial score (nSPS) is 16.7. The third kappa shape index (κ3) is 3.12. The largest absolute Gasteiger partial charge is 0.458 e. The zero-order chi connectivity index (χ0) is 21.9. The predicted molar refractivity (Wildman–Crippen MR) is 108 cm³/mol. The number of rotatable bonds is 3. The molecule has 0 spiro atoms. The van der Waals surface area contributed by atoms with Crippen LogP contribution < -0.4 is 0 Å². The van der Waals surface area contributed by atoms with Crippen molar-refractivity contribution in [3.63, 3.8) is 0 Å². The summed E-state index contributed by atoms with van der Waals surface area (Å²) in [6, 6.07) is 5.56. The lowest BCUT2D eigenvalue weighted by Gasteiger charge is -2.33. The molecule has 1 amide bonds. The molecule has 2 N–H and O–H groups in total. The molecule has 3 aromatic heterocycles. The summed E-state index contributed by atoms with van der Waals surface area (Å²) < 4.78 is 25.9. The first-order valence-electron chi connectivity index (χ1n) is 9.95. The minimum absolute atomic E-state index is 0.0448. The van der Waals surface area contributed by atoms with Gasteiger partial charge in [0.2, 0.25) is 11.7 Å². The van der Waals surface area contributed by atoms with Crippen LogP contribution in [-0.4, -0.2) is 37.4 Å². The standard InChI is InChI=1S/C22H21FN4O4/c1-11-19(31-21(26-11)22(2,3)29)20(28)27-8-7-14-17(25-10-24-14)18(27)16-9-12-13(23)5-4-6-15(12)30-16/h4-6,9-10,18,29H,7-8H2,1-3H3,(H,24,25)/t18-/m1/s1. The molecule has 4 aromatic rings. The molecule has 1 atom stereocenters. The van der Waals surface area contributed by atoms with Gasteiger partial charge in [0, 0.05) is 18.7 Å². The third-order valence-electron chi connectivity index (χ3n) is 5.50. The molecule has 0 fully saturated rings. The summed E-state index contributed by atoms with van der Waals surface area (Å²) in [4.78, 5) is 26.8. The number of nitrogens with one attached hydrogen (secondary N) is 1. The van der Waals surface area contributed by atoms with Gasteiger partial charge in [-0.25, -0.2) is 14.4 Å². The van der Waals surface area contributed by atoms with E-state index >= 15 is 0 Å². The monoisotopic (exact) mass is 424 g/mol. The van der Waals surface area contributed by atoms with Gasteiger partial charge in [0.05, 0.1) is 23.1 Å². The van der Waals surface area contributed by atoms with E-state index in [2.05, 4.69) is 15.0 Å². The van der Waals surface area contributed by atoms with E-state index in [1.165, 1.54) is 19.9 Å². The Morgan fingerprint density at radius 2 is 2.16 bits per heavy atom. The average molecular weight is 424 g/mol. The van der Waals surface area contributed by atoms with Crippen molar-refractivity contribution in [2.24, 2.45) is 0 Å². The van der Waals surface area contributed by atoms with Gasteiger partial charge in [0.25, 0.3) is 5.91 Å². The number of fused-ring (bicyclic) bond motifs is 2. The number of carbonyl (C=O) groups is 1. The maximum Gasteiger partial charge on any atom is 0.292 e. The van der Waals surface area contributed by atoms with E-state index in [9.17, 15) is 14.3 Å². The second-order valence-electron chi connectivity index (χ2n) is 8.21. The third-order valence-corrected chi connectivity index (χ3v) is 5.50. The fourth-order valence-electron chi connectivity index (χ4n) is 3.95. The molecule has 0 unspecified atom stereocenters. The summed E-state index contributed by atoms with van der Waals surface area (Å²) in [5.74, 6) is -0.289. The van der Waals surface area contributed by atoms with E-state index < -0.39 is 23.4 Å². The van der Waals surface area contributed by atoms with E-state index in [1.54, 1.807) is 36.4 Å². The molecule has 0 aliphatic carbocycles. The number of aromatic nitrogens is 3. The molecule has 31 heavy (non-hydrogen) atoms.